The molecule has 11 nitrogen and oxygen atoms in total. The zero-order chi connectivity index (χ0) is 30.9. The summed E-state index contributed by atoms with van der Waals surface area (Å²) in [7, 11) is -1.89. The van der Waals surface area contributed by atoms with Gasteiger partial charge in [0.25, 0.3) is 0 Å². The molecule has 1 aromatic heterocycles. The third-order valence-corrected chi connectivity index (χ3v) is 12.7. The Morgan fingerprint density at radius 1 is 1.14 bits per heavy atom. The van der Waals surface area contributed by atoms with Gasteiger partial charge in [-0.2, -0.15) is 0 Å². The molecule has 1 N–H and O–H groups in total. The van der Waals surface area contributed by atoms with Crippen molar-refractivity contribution in [3.05, 3.63) is 66.2 Å². The van der Waals surface area contributed by atoms with E-state index in [0.717, 1.165) is 16.2 Å². The highest BCUT2D eigenvalue weighted by Crippen LogP contribution is 2.37. The van der Waals surface area contributed by atoms with Crippen molar-refractivity contribution >= 4 is 37.7 Å². The molecule has 2 aliphatic heterocycles. The van der Waals surface area contributed by atoms with Gasteiger partial charge in [0.05, 0.1) is 31.1 Å². The van der Waals surface area contributed by atoms with Crippen LogP contribution >= 0.6 is 0 Å². The van der Waals surface area contributed by atoms with Gasteiger partial charge in [-0.15, -0.1) is 0 Å². The highest BCUT2D eigenvalue weighted by atomic mass is 28.4. The van der Waals surface area contributed by atoms with E-state index in [0.29, 0.717) is 29.8 Å². The first kappa shape index (κ1) is 30.2. The second-order valence-electron chi connectivity index (χ2n) is 12.1. The Labute approximate surface area is 249 Å². The van der Waals surface area contributed by atoms with Crippen molar-refractivity contribution in [1.82, 2.24) is 5.16 Å². The number of anilines is 2. The number of oxime groups is 1. The molecular weight excluding hydrogens is 575 g/mol. The molecule has 1 saturated heterocycles. The minimum Gasteiger partial charge on any atom is -0.465 e. The van der Waals surface area contributed by atoms with E-state index in [9.17, 15) is 14.7 Å². The van der Waals surface area contributed by atoms with Gasteiger partial charge in [-0.25, -0.2) is 14.0 Å². The minimum atomic E-state index is -1.89. The Morgan fingerprint density at radius 2 is 1.86 bits per heavy atom. The summed E-state index contributed by atoms with van der Waals surface area (Å²) >= 11 is 0. The van der Waals surface area contributed by atoms with Crippen LogP contribution in [-0.2, 0) is 14.0 Å². The highest BCUT2D eigenvalue weighted by molar-refractivity contribution is 6.74. The van der Waals surface area contributed by atoms with Gasteiger partial charge >= 0.3 is 12.2 Å². The largest absolute Gasteiger partial charge is 0.465 e. The van der Waals surface area contributed by atoms with E-state index >= 15 is 4.39 Å². The van der Waals surface area contributed by atoms with E-state index in [1.54, 1.807) is 12.1 Å². The van der Waals surface area contributed by atoms with E-state index in [1.807, 2.05) is 24.3 Å². The number of benzene rings is 2. The average molecular weight is 611 g/mol. The van der Waals surface area contributed by atoms with E-state index in [2.05, 4.69) is 44.2 Å². The number of ether oxygens (including phenoxy) is 1. The van der Waals surface area contributed by atoms with Gasteiger partial charge < -0.3 is 23.6 Å². The summed E-state index contributed by atoms with van der Waals surface area (Å²) in [4.78, 5) is 32.0. The summed E-state index contributed by atoms with van der Waals surface area (Å²) < 4.78 is 31.7. The quantitative estimate of drug-likeness (QED) is 0.272. The maximum absolute atomic E-state index is 15.3. The summed E-state index contributed by atoms with van der Waals surface area (Å²) in [5, 5.41) is 17.5. The van der Waals surface area contributed by atoms with Crippen molar-refractivity contribution in [2.75, 3.05) is 29.5 Å². The van der Waals surface area contributed by atoms with E-state index in [4.69, 9.17) is 18.5 Å². The number of carbonyl (C=O) groups excluding carboxylic acids is 1. The molecule has 5 rings (SSSR count). The lowest BCUT2D eigenvalue weighted by Gasteiger charge is -2.36. The van der Waals surface area contributed by atoms with Crippen LogP contribution in [0.1, 0.15) is 32.8 Å². The molecule has 228 valence electrons. The molecular formula is C30H35FN4O7Si. The molecule has 0 bridgehead atoms. The molecule has 2 atom stereocenters. The zero-order valence-corrected chi connectivity index (χ0v) is 25.7. The number of amides is 2. The summed E-state index contributed by atoms with van der Waals surface area (Å²) in [6.07, 6.45) is -1.01. The molecule has 1 unspecified atom stereocenters. The first-order valence-electron chi connectivity index (χ1n) is 14.0. The highest BCUT2D eigenvalue weighted by Gasteiger charge is 2.39. The number of hydrogen-bond acceptors (Lipinski definition) is 8. The molecule has 3 heterocycles. The van der Waals surface area contributed by atoms with Gasteiger partial charge in [-0.3, -0.25) is 9.80 Å². The number of cyclic esters (lactones) is 1. The SMILES string of the molecule is CC(C)(C)[Si](C)(C)OCC1CC(c2ccc(-c3ccc(N4C[C@H](CN(C(=O)O)c5ccon5)OC4=O)cc3F)cc2)=NO1. The Balaban J connectivity index is 1.20. The van der Waals surface area contributed by atoms with Crippen LogP contribution in [0.25, 0.3) is 11.1 Å². The lowest BCUT2D eigenvalue weighted by molar-refractivity contribution is 0.0427. The van der Waals surface area contributed by atoms with Crippen molar-refractivity contribution in [1.29, 1.82) is 0 Å². The third-order valence-electron chi connectivity index (χ3n) is 8.15. The number of rotatable bonds is 9. The summed E-state index contributed by atoms with van der Waals surface area (Å²) in [6, 6.07) is 13.3. The molecule has 13 heteroatoms. The number of carbonyl (C=O) groups is 2. The molecule has 3 aromatic rings. The zero-order valence-electron chi connectivity index (χ0n) is 24.7. The van der Waals surface area contributed by atoms with Crippen molar-refractivity contribution in [3.8, 4) is 11.1 Å². The van der Waals surface area contributed by atoms with Crippen LogP contribution in [0.2, 0.25) is 18.1 Å². The van der Waals surface area contributed by atoms with Crippen LogP contribution in [0, 0.1) is 5.82 Å². The fourth-order valence-electron chi connectivity index (χ4n) is 4.60. The van der Waals surface area contributed by atoms with E-state index in [-0.39, 0.29) is 30.0 Å². The van der Waals surface area contributed by atoms with Crippen LogP contribution < -0.4 is 9.80 Å². The van der Waals surface area contributed by atoms with Gasteiger partial charge in [0.2, 0.25) is 0 Å². The predicted molar refractivity (Wildman–Crippen MR) is 161 cm³/mol. The number of aromatic nitrogens is 1. The minimum absolute atomic E-state index is 0.0417. The predicted octanol–water partition coefficient (Wildman–Crippen LogP) is 6.51. The van der Waals surface area contributed by atoms with Crippen molar-refractivity contribution in [2.24, 2.45) is 5.16 Å². The van der Waals surface area contributed by atoms with Gasteiger partial charge in [0, 0.05) is 18.1 Å². The van der Waals surface area contributed by atoms with Crippen LogP contribution in [0.5, 0.6) is 0 Å². The number of nitrogens with zero attached hydrogens (tertiary/aromatic N) is 4. The standard InChI is InChI=1S/C30H35FN4O7Si/c1-30(2,3)43(4,5)40-18-22-15-26(32-42-22)20-8-6-19(7-9-20)24-11-10-21(14-25(24)31)34-16-23(41-29(34)38)17-35(28(36)37)27-12-13-39-33-27/h6-14,22-23H,15-18H2,1-5H3,(H,36,37)/t22?,23-/m1/s1. The first-order valence-corrected chi connectivity index (χ1v) is 16.9. The topological polar surface area (TPSA) is 127 Å². The van der Waals surface area contributed by atoms with Gasteiger partial charge in [0.1, 0.15) is 18.2 Å². The van der Waals surface area contributed by atoms with E-state index < -0.39 is 32.4 Å². The molecule has 43 heavy (non-hydrogen) atoms. The molecule has 1 fully saturated rings. The van der Waals surface area contributed by atoms with Gasteiger partial charge in [0.15, 0.2) is 20.2 Å². The fourth-order valence-corrected chi connectivity index (χ4v) is 5.64. The smallest absolute Gasteiger partial charge is 0.414 e. The lowest BCUT2D eigenvalue weighted by atomic mass is 9.99. The van der Waals surface area contributed by atoms with Crippen LogP contribution in [-0.4, -0.2) is 68.4 Å². The van der Waals surface area contributed by atoms with Crippen molar-refractivity contribution in [3.63, 3.8) is 0 Å². The molecule has 0 saturated carbocycles. The molecule has 2 aromatic carbocycles. The van der Waals surface area contributed by atoms with Crippen molar-refractivity contribution in [2.45, 2.75) is 57.5 Å². The third kappa shape index (κ3) is 6.57. The summed E-state index contributed by atoms with van der Waals surface area (Å²) in [5.41, 5.74) is 3.04. The maximum atomic E-state index is 15.3. The molecule has 0 aliphatic carbocycles. The van der Waals surface area contributed by atoms with Gasteiger partial charge in [-0.1, -0.05) is 55.3 Å². The summed E-state index contributed by atoms with van der Waals surface area (Å²) in [5.74, 6) is -0.438. The number of halogens is 1. The Bertz CT molecular complexity index is 1510. The second-order valence-corrected chi connectivity index (χ2v) is 17.0. The molecule has 0 radical (unpaired) electrons. The number of carboxylic acid groups (broad SMARTS) is 1. The Kier molecular flexibility index (Phi) is 8.30. The fraction of sp³-hybridized carbons (Fsp3) is 0.400. The van der Waals surface area contributed by atoms with E-state index in [1.165, 1.54) is 23.3 Å². The average Bonchev–Trinajstić information content (AvgIpc) is 3.72. The van der Waals surface area contributed by atoms with Crippen molar-refractivity contribution < 1.29 is 37.6 Å². The van der Waals surface area contributed by atoms with Crippen LogP contribution in [0.15, 0.2) is 64.5 Å². The molecule has 2 aliphatic rings. The molecule has 2 amide bonds. The second kappa shape index (κ2) is 11.8. The normalized spacial score (nSPS) is 18.8. The van der Waals surface area contributed by atoms with Crippen LogP contribution in [0.3, 0.4) is 0 Å². The Hall–Kier alpha value is -4.23. The number of hydrogen-bond donors (Lipinski definition) is 1. The lowest BCUT2D eigenvalue weighted by Crippen LogP contribution is -2.42. The van der Waals surface area contributed by atoms with Gasteiger partial charge in [-0.05, 0) is 47.5 Å². The monoisotopic (exact) mass is 610 g/mol. The molecule has 0 spiro atoms. The maximum Gasteiger partial charge on any atom is 0.414 e. The van der Waals surface area contributed by atoms with Crippen LogP contribution in [0.4, 0.5) is 25.5 Å². The first-order chi connectivity index (χ1) is 20.3. The Morgan fingerprint density at radius 3 is 2.49 bits per heavy atom. The summed E-state index contributed by atoms with van der Waals surface area (Å²) in [6.45, 7) is 11.4.